The van der Waals surface area contributed by atoms with Crippen LogP contribution in [0, 0.1) is 3.57 Å². The number of aromatic nitrogens is 2. The maximum absolute atomic E-state index is 12.0. The van der Waals surface area contributed by atoms with Crippen molar-refractivity contribution in [3.63, 3.8) is 0 Å². The molecular formula is C16H18IN3O2S. The minimum atomic E-state index is -0.174. The van der Waals surface area contributed by atoms with E-state index in [2.05, 4.69) is 44.8 Å². The number of amides is 1. The van der Waals surface area contributed by atoms with Gasteiger partial charge in [-0.05, 0) is 59.7 Å². The van der Waals surface area contributed by atoms with E-state index in [-0.39, 0.29) is 17.2 Å². The van der Waals surface area contributed by atoms with Crippen LogP contribution < -0.4 is 10.9 Å². The van der Waals surface area contributed by atoms with E-state index < -0.39 is 0 Å². The number of anilines is 1. The summed E-state index contributed by atoms with van der Waals surface area (Å²) in [7, 11) is 0. The number of halogens is 1. The van der Waals surface area contributed by atoms with Crippen LogP contribution in [0.5, 0.6) is 0 Å². The van der Waals surface area contributed by atoms with Crippen molar-refractivity contribution >= 4 is 45.9 Å². The Labute approximate surface area is 152 Å². The second kappa shape index (κ2) is 9.07. The highest BCUT2D eigenvalue weighted by Crippen LogP contribution is 2.15. The van der Waals surface area contributed by atoms with Crippen molar-refractivity contribution in [2.75, 3.05) is 11.1 Å². The average Bonchev–Trinajstić information content (AvgIpc) is 2.53. The first-order valence-electron chi connectivity index (χ1n) is 7.35. The highest BCUT2D eigenvalue weighted by Gasteiger charge is 2.07. The van der Waals surface area contributed by atoms with Crippen LogP contribution in [0.1, 0.15) is 25.5 Å². The van der Waals surface area contributed by atoms with Crippen LogP contribution in [0.3, 0.4) is 0 Å². The molecule has 0 aliphatic heterocycles. The standard InChI is InChI=1S/C16H18IN3O2S/c1-2-3-4-13-9-14(21)20-16(19-13)23-10-15(22)18-12-7-5-11(17)6-8-12/h5-9H,2-4,10H2,1H3,(H,18,22)(H,19,20,21). The molecule has 0 bridgehead atoms. The summed E-state index contributed by atoms with van der Waals surface area (Å²) in [6, 6.07) is 9.09. The lowest BCUT2D eigenvalue weighted by atomic mass is 10.2. The lowest BCUT2D eigenvalue weighted by Gasteiger charge is -2.06. The average molecular weight is 443 g/mol. The number of rotatable bonds is 7. The smallest absolute Gasteiger partial charge is 0.251 e. The predicted molar refractivity (Wildman–Crippen MR) is 102 cm³/mol. The maximum atomic E-state index is 12.0. The number of nitrogens with zero attached hydrogens (tertiary/aromatic N) is 1. The van der Waals surface area contributed by atoms with E-state index in [1.807, 2.05) is 24.3 Å². The first-order valence-corrected chi connectivity index (χ1v) is 9.41. The predicted octanol–water partition coefficient (Wildman–Crippen LogP) is 3.45. The number of carbonyl (C=O) groups is 1. The van der Waals surface area contributed by atoms with Crippen LogP contribution in [-0.4, -0.2) is 21.6 Å². The third-order valence-electron chi connectivity index (χ3n) is 3.03. The fourth-order valence-corrected chi connectivity index (χ4v) is 2.96. The maximum Gasteiger partial charge on any atom is 0.251 e. The summed E-state index contributed by atoms with van der Waals surface area (Å²) in [6.07, 6.45) is 2.83. The zero-order valence-electron chi connectivity index (χ0n) is 12.8. The number of unbranched alkanes of at least 4 members (excludes halogenated alkanes) is 1. The molecule has 1 aromatic heterocycles. The van der Waals surface area contributed by atoms with Crippen molar-refractivity contribution in [2.45, 2.75) is 31.3 Å². The minimum Gasteiger partial charge on any atom is -0.325 e. The lowest BCUT2D eigenvalue weighted by molar-refractivity contribution is -0.113. The van der Waals surface area contributed by atoms with Crippen LogP contribution in [-0.2, 0) is 11.2 Å². The van der Waals surface area contributed by atoms with Gasteiger partial charge in [-0.15, -0.1) is 0 Å². The Morgan fingerprint density at radius 2 is 2.09 bits per heavy atom. The molecule has 5 nitrogen and oxygen atoms in total. The number of carbonyl (C=O) groups excluding carboxylic acids is 1. The molecule has 0 aliphatic carbocycles. The van der Waals surface area contributed by atoms with Crippen LogP contribution in [0.4, 0.5) is 5.69 Å². The van der Waals surface area contributed by atoms with Gasteiger partial charge in [0.05, 0.1) is 5.75 Å². The van der Waals surface area contributed by atoms with E-state index >= 15 is 0 Å². The third-order valence-corrected chi connectivity index (χ3v) is 4.62. The van der Waals surface area contributed by atoms with Crippen molar-refractivity contribution < 1.29 is 4.79 Å². The Morgan fingerprint density at radius 1 is 1.35 bits per heavy atom. The van der Waals surface area contributed by atoms with Crippen molar-refractivity contribution in [2.24, 2.45) is 0 Å². The molecule has 0 spiro atoms. The summed E-state index contributed by atoms with van der Waals surface area (Å²) < 4.78 is 1.11. The molecule has 2 aromatic rings. The first kappa shape index (κ1) is 18.0. The number of hydrogen-bond acceptors (Lipinski definition) is 4. The summed E-state index contributed by atoms with van der Waals surface area (Å²) >= 11 is 3.44. The molecule has 2 N–H and O–H groups in total. The molecule has 0 atom stereocenters. The van der Waals surface area contributed by atoms with Gasteiger partial charge in [-0.25, -0.2) is 4.98 Å². The molecule has 1 heterocycles. The molecule has 122 valence electrons. The molecule has 0 unspecified atom stereocenters. The van der Waals surface area contributed by atoms with Crippen molar-refractivity contribution in [3.8, 4) is 0 Å². The van der Waals surface area contributed by atoms with E-state index in [0.29, 0.717) is 5.16 Å². The van der Waals surface area contributed by atoms with E-state index in [4.69, 9.17) is 0 Å². The van der Waals surface area contributed by atoms with Crippen LogP contribution in [0.15, 0.2) is 40.3 Å². The second-order valence-corrected chi connectivity index (χ2v) is 7.20. The van der Waals surface area contributed by atoms with E-state index in [9.17, 15) is 9.59 Å². The van der Waals surface area contributed by atoms with Gasteiger partial charge in [-0.1, -0.05) is 25.1 Å². The van der Waals surface area contributed by atoms with E-state index in [0.717, 1.165) is 34.2 Å². The number of nitrogens with one attached hydrogen (secondary N) is 2. The Hall–Kier alpha value is -1.35. The normalized spacial score (nSPS) is 10.5. The number of aryl methyl sites for hydroxylation is 1. The van der Waals surface area contributed by atoms with Crippen molar-refractivity contribution in [1.82, 2.24) is 9.97 Å². The monoisotopic (exact) mass is 443 g/mol. The van der Waals surface area contributed by atoms with E-state index in [1.54, 1.807) is 0 Å². The molecular weight excluding hydrogens is 425 g/mol. The fourth-order valence-electron chi connectivity index (χ4n) is 1.90. The Morgan fingerprint density at radius 3 is 2.78 bits per heavy atom. The molecule has 0 saturated heterocycles. The highest BCUT2D eigenvalue weighted by molar-refractivity contribution is 14.1. The van der Waals surface area contributed by atoms with Gasteiger partial charge in [0.1, 0.15) is 0 Å². The number of aromatic amines is 1. The van der Waals surface area contributed by atoms with Crippen LogP contribution in [0.25, 0.3) is 0 Å². The third kappa shape index (κ3) is 6.34. The molecule has 0 fully saturated rings. The van der Waals surface area contributed by atoms with Gasteiger partial charge in [0.15, 0.2) is 5.16 Å². The minimum absolute atomic E-state index is 0.127. The van der Waals surface area contributed by atoms with Crippen LogP contribution >= 0.6 is 34.4 Å². The largest absolute Gasteiger partial charge is 0.325 e. The Bertz CT molecular complexity index is 716. The highest BCUT2D eigenvalue weighted by atomic mass is 127. The zero-order valence-corrected chi connectivity index (χ0v) is 15.7. The molecule has 23 heavy (non-hydrogen) atoms. The molecule has 1 aromatic carbocycles. The first-order chi connectivity index (χ1) is 11.1. The van der Waals surface area contributed by atoms with E-state index in [1.165, 1.54) is 17.8 Å². The SMILES string of the molecule is CCCCc1cc(=O)[nH]c(SCC(=O)Nc2ccc(I)cc2)n1. The summed E-state index contributed by atoms with van der Waals surface area (Å²) in [5, 5.41) is 3.31. The van der Waals surface area contributed by atoms with Gasteiger partial charge in [0.25, 0.3) is 5.56 Å². The van der Waals surface area contributed by atoms with Crippen molar-refractivity contribution in [3.05, 3.63) is 49.9 Å². The summed E-state index contributed by atoms with van der Waals surface area (Å²) in [5.74, 6) is 0.0735. The van der Waals surface area contributed by atoms with Gasteiger partial charge in [0, 0.05) is 21.0 Å². The zero-order chi connectivity index (χ0) is 16.7. The Kier molecular flexibility index (Phi) is 7.10. The van der Waals surface area contributed by atoms with Gasteiger partial charge < -0.3 is 10.3 Å². The number of H-pyrrole nitrogens is 1. The second-order valence-electron chi connectivity index (χ2n) is 4.99. The van der Waals surface area contributed by atoms with Gasteiger partial charge in [-0.3, -0.25) is 9.59 Å². The molecule has 0 radical (unpaired) electrons. The molecule has 1 amide bonds. The van der Waals surface area contributed by atoms with Gasteiger partial charge >= 0.3 is 0 Å². The summed E-state index contributed by atoms with van der Waals surface area (Å²) in [4.78, 5) is 30.6. The number of benzene rings is 1. The lowest BCUT2D eigenvalue weighted by Crippen LogP contribution is -2.15. The van der Waals surface area contributed by atoms with Gasteiger partial charge in [0.2, 0.25) is 5.91 Å². The molecule has 2 rings (SSSR count). The molecule has 0 saturated carbocycles. The topological polar surface area (TPSA) is 74.8 Å². The van der Waals surface area contributed by atoms with Crippen LogP contribution in [0.2, 0.25) is 0 Å². The fraction of sp³-hybridized carbons (Fsp3) is 0.312. The number of thioether (sulfide) groups is 1. The molecule has 0 aliphatic rings. The Balaban J connectivity index is 1.91. The van der Waals surface area contributed by atoms with Crippen molar-refractivity contribution in [1.29, 1.82) is 0 Å². The molecule has 7 heteroatoms. The quantitative estimate of drug-likeness (QED) is 0.391. The summed E-state index contributed by atoms with van der Waals surface area (Å²) in [5.41, 5.74) is 1.36. The number of hydrogen-bond donors (Lipinski definition) is 2. The van der Waals surface area contributed by atoms with Gasteiger partial charge in [-0.2, -0.15) is 0 Å². The summed E-state index contributed by atoms with van der Waals surface area (Å²) in [6.45, 7) is 2.10.